The fourth-order valence-electron chi connectivity index (χ4n) is 2.75. The zero-order valence-corrected chi connectivity index (χ0v) is 16.8. The minimum absolute atomic E-state index is 0.0147. The lowest BCUT2D eigenvalue weighted by molar-refractivity contribution is -0.118. The summed E-state index contributed by atoms with van der Waals surface area (Å²) in [5.41, 5.74) is 0.545. The number of hydrogen-bond acceptors (Lipinski definition) is 8. The minimum Gasteiger partial charge on any atom is -0.477 e. The standard InChI is InChI=1S/C20H22N2O6S/c1-26-20(25)14-2-4-15(5-3-14)21-19(24)13-28-18-12-27-16(10-17(18)23)11-22-6-8-29-9-7-22/h2-5,10,12H,6-9,11,13H2,1H3,(H,21,24). The van der Waals surface area contributed by atoms with Gasteiger partial charge >= 0.3 is 5.97 Å². The lowest BCUT2D eigenvalue weighted by atomic mass is 10.2. The van der Waals surface area contributed by atoms with Crippen LogP contribution in [0.15, 0.2) is 45.8 Å². The summed E-state index contributed by atoms with van der Waals surface area (Å²) >= 11 is 1.92. The Morgan fingerprint density at radius 2 is 1.93 bits per heavy atom. The molecule has 0 saturated carbocycles. The van der Waals surface area contributed by atoms with Crippen LogP contribution in [-0.2, 0) is 16.1 Å². The van der Waals surface area contributed by atoms with Gasteiger partial charge in [-0.3, -0.25) is 14.5 Å². The summed E-state index contributed by atoms with van der Waals surface area (Å²) in [5.74, 6) is 1.81. The number of benzene rings is 1. The van der Waals surface area contributed by atoms with Gasteiger partial charge in [0.15, 0.2) is 6.61 Å². The van der Waals surface area contributed by atoms with Crippen LogP contribution in [0.2, 0.25) is 0 Å². The molecule has 29 heavy (non-hydrogen) atoms. The number of carbonyl (C=O) groups is 2. The van der Waals surface area contributed by atoms with Gasteiger partial charge in [-0.25, -0.2) is 4.79 Å². The van der Waals surface area contributed by atoms with E-state index in [1.54, 1.807) is 12.1 Å². The molecule has 3 rings (SSSR count). The first-order valence-corrected chi connectivity index (χ1v) is 10.2. The van der Waals surface area contributed by atoms with E-state index in [0.29, 0.717) is 23.6 Å². The second-order valence-electron chi connectivity index (χ2n) is 6.37. The first-order valence-electron chi connectivity index (χ1n) is 9.08. The largest absolute Gasteiger partial charge is 0.477 e. The van der Waals surface area contributed by atoms with Gasteiger partial charge in [-0.05, 0) is 24.3 Å². The zero-order chi connectivity index (χ0) is 20.6. The molecule has 0 atom stereocenters. The molecule has 0 spiro atoms. The summed E-state index contributed by atoms with van der Waals surface area (Å²) in [7, 11) is 1.30. The Bertz CT molecular complexity index is 906. The number of nitrogens with zero attached hydrogens (tertiary/aromatic N) is 1. The molecule has 9 heteroatoms. The molecule has 1 N–H and O–H groups in total. The molecule has 1 aromatic heterocycles. The highest BCUT2D eigenvalue weighted by molar-refractivity contribution is 7.99. The maximum absolute atomic E-state index is 12.2. The van der Waals surface area contributed by atoms with Crippen LogP contribution in [0.1, 0.15) is 16.1 Å². The molecule has 2 aromatic rings. The summed E-state index contributed by atoms with van der Waals surface area (Å²) in [6, 6.07) is 7.63. The number of amides is 1. The molecule has 0 unspecified atom stereocenters. The van der Waals surface area contributed by atoms with E-state index in [4.69, 9.17) is 9.15 Å². The molecule has 0 aliphatic carbocycles. The van der Waals surface area contributed by atoms with E-state index >= 15 is 0 Å². The molecule has 1 aromatic carbocycles. The first-order chi connectivity index (χ1) is 14.0. The van der Waals surface area contributed by atoms with Crippen LogP contribution in [0.3, 0.4) is 0 Å². The molecule has 1 fully saturated rings. The number of hydrogen-bond donors (Lipinski definition) is 1. The Hall–Kier alpha value is -2.78. The highest BCUT2D eigenvalue weighted by Crippen LogP contribution is 2.14. The average molecular weight is 418 g/mol. The molecular formula is C20H22N2O6S. The summed E-state index contributed by atoms with van der Waals surface area (Å²) in [6.45, 7) is 2.17. The van der Waals surface area contributed by atoms with Gasteiger partial charge in [0.05, 0.1) is 19.2 Å². The van der Waals surface area contributed by atoms with Crippen LogP contribution < -0.4 is 15.5 Å². The Labute approximate surface area is 172 Å². The van der Waals surface area contributed by atoms with Crippen LogP contribution in [0.25, 0.3) is 0 Å². The lowest BCUT2D eigenvalue weighted by Crippen LogP contribution is -2.32. The fourth-order valence-corrected chi connectivity index (χ4v) is 3.73. The van der Waals surface area contributed by atoms with Crippen molar-refractivity contribution in [3.63, 3.8) is 0 Å². The Balaban J connectivity index is 1.50. The number of nitrogens with one attached hydrogen (secondary N) is 1. The van der Waals surface area contributed by atoms with Crippen molar-refractivity contribution in [1.29, 1.82) is 0 Å². The highest BCUT2D eigenvalue weighted by atomic mass is 32.2. The number of methoxy groups -OCH3 is 1. The summed E-state index contributed by atoms with van der Waals surface area (Å²) in [5, 5.41) is 2.62. The molecule has 1 aliphatic rings. The van der Waals surface area contributed by atoms with Gasteiger partial charge < -0.3 is 19.2 Å². The summed E-state index contributed by atoms with van der Waals surface area (Å²) in [4.78, 5) is 37.9. The average Bonchev–Trinajstić information content (AvgIpc) is 2.74. The van der Waals surface area contributed by atoms with Crippen LogP contribution in [0, 0.1) is 0 Å². The number of rotatable bonds is 7. The van der Waals surface area contributed by atoms with Crippen molar-refractivity contribution in [2.45, 2.75) is 6.54 Å². The van der Waals surface area contributed by atoms with Crippen molar-refractivity contribution in [3.05, 3.63) is 58.1 Å². The first kappa shape index (κ1) is 20.9. The molecular weight excluding hydrogens is 396 g/mol. The Morgan fingerprint density at radius 1 is 1.21 bits per heavy atom. The molecule has 0 radical (unpaired) electrons. The van der Waals surface area contributed by atoms with Crippen LogP contribution in [0.5, 0.6) is 5.75 Å². The third-order valence-electron chi connectivity index (χ3n) is 4.28. The summed E-state index contributed by atoms with van der Waals surface area (Å²) in [6.07, 6.45) is 1.24. The Kier molecular flexibility index (Phi) is 7.31. The number of ether oxygens (including phenoxy) is 2. The number of carbonyl (C=O) groups excluding carboxylic acids is 2. The van der Waals surface area contributed by atoms with Crippen molar-refractivity contribution < 1.29 is 23.5 Å². The molecule has 1 saturated heterocycles. The second-order valence-corrected chi connectivity index (χ2v) is 7.59. The lowest BCUT2D eigenvalue weighted by Gasteiger charge is -2.25. The van der Waals surface area contributed by atoms with Crippen LogP contribution in [0.4, 0.5) is 5.69 Å². The number of esters is 1. The Morgan fingerprint density at radius 3 is 2.59 bits per heavy atom. The van der Waals surface area contributed by atoms with E-state index in [1.165, 1.54) is 31.6 Å². The smallest absolute Gasteiger partial charge is 0.337 e. The monoisotopic (exact) mass is 418 g/mol. The van der Waals surface area contributed by atoms with E-state index in [0.717, 1.165) is 24.6 Å². The topological polar surface area (TPSA) is 98.1 Å². The third-order valence-corrected chi connectivity index (χ3v) is 5.23. The van der Waals surface area contributed by atoms with Gasteiger partial charge in [0.2, 0.25) is 11.2 Å². The quantitative estimate of drug-likeness (QED) is 0.682. The van der Waals surface area contributed by atoms with E-state index in [-0.39, 0.29) is 17.8 Å². The SMILES string of the molecule is COC(=O)c1ccc(NC(=O)COc2coc(CN3CCSCC3)cc2=O)cc1. The molecule has 154 valence electrons. The van der Waals surface area contributed by atoms with Crippen LogP contribution >= 0.6 is 11.8 Å². The highest BCUT2D eigenvalue weighted by Gasteiger charge is 2.14. The molecule has 2 heterocycles. The van der Waals surface area contributed by atoms with Crippen LogP contribution in [-0.4, -0.2) is 55.1 Å². The second kappa shape index (κ2) is 10.1. The van der Waals surface area contributed by atoms with Gasteiger partial charge in [0, 0.05) is 36.3 Å². The normalized spacial score (nSPS) is 14.2. The number of thioether (sulfide) groups is 1. The number of anilines is 1. The fraction of sp³-hybridized carbons (Fsp3) is 0.350. The van der Waals surface area contributed by atoms with Crippen molar-refractivity contribution in [1.82, 2.24) is 4.90 Å². The molecule has 0 bridgehead atoms. The van der Waals surface area contributed by atoms with E-state index in [2.05, 4.69) is 15.0 Å². The predicted molar refractivity (Wildman–Crippen MR) is 109 cm³/mol. The van der Waals surface area contributed by atoms with Gasteiger partial charge in [0.25, 0.3) is 5.91 Å². The van der Waals surface area contributed by atoms with Crippen molar-refractivity contribution in [3.8, 4) is 5.75 Å². The zero-order valence-electron chi connectivity index (χ0n) is 16.0. The van der Waals surface area contributed by atoms with Crippen molar-refractivity contribution in [2.24, 2.45) is 0 Å². The predicted octanol–water partition coefficient (Wildman–Crippen LogP) is 1.99. The van der Waals surface area contributed by atoms with Crippen molar-refractivity contribution >= 4 is 29.3 Å². The maximum atomic E-state index is 12.2. The minimum atomic E-state index is -0.458. The maximum Gasteiger partial charge on any atom is 0.337 e. The van der Waals surface area contributed by atoms with Crippen molar-refractivity contribution in [2.75, 3.05) is 43.6 Å². The van der Waals surface area contributed by atoms with Gasteiger partial charge in [-0.15, -0.1) is 0 Å². The third kappa shape index (κ3) is 6.10. The summed E-state index contributed by atoms with van der Waals surface area (Å²) < 4.78 is 15.4. The molecule has 1 amide bonds. The van der Waals surface area contributed by atoms with Gasteiger partial charge in [0.1, 0.15) is 12.0 Å². The van der Waals surface area contributed by atoms with E-state index in [9.17, 15) is 14.4 Å². The molecule has 1 aliphatic heterocycles. The van der Waals surface area contributed by atoms with E-state index < -0.39 is 11.9 Å². The molecule has 8 nitrogen and oxygen atoms in total. The van der Waals surface area contributed by atoms with Gasteiger partial charge in [-0.2, -0.15) is 11.8 Å². The van der Waals surface area contributed by atoms with Gasteiger partial charge in [-0.1, -0.05) is 0 Å². The van der Waals surface area contributed by atoms with E-state index in [1.807, 2.05) is 11.8 Å².